The van der Waals surface area contributed by atoms with Crippen LogP contribution in [-0.4, -0.2) is 13.4 Å². The number of carbonyl (C=O) groups excluding carboxylic acids is 1. The normalized spacial score (nSPS) is 12.6. The molecule has 0 heterocycles. The highest BCUT2D eigenvalue weighted by molar-refractivity contribution is 5.65. The van der Waals surface area contributed by atoms with Crippen LogP contribution >= 0.6 is 0 Å². The third kappa shape index (κ3) is 2.38. The molecule has 0 N–H and O–H groups in total. The molecule has 0 radical (unpaired) electrons. The highest BCUT2D eigenvalue weighted by atomic mass is 16.5. The van der Waals surface area contributed by atoms with Crippen molar-refractivity contribution in [1.29, 1.82) is 0 Å². The topological polar surface area (TPSA) is 26.3 Å². The Labute approximate surface area is 91.3 Å². The maximum absolute atomic E-state index is 11.1. The summed E-state index contributed by atoms with van der Waals surface area (Å²) < 4.78 is 5.35. The van der Waals surface area contributed by atoms with Crippen molar-refractivity contribution in [3.05, 3.63) is 29.3 Å². The van der Waals surface area contributed by atoms with E-state index in [9.17, 15) is 4.79 Å². The number of hydrogen-bond donors (Lipinski definition) is 0. The van der Waals surface area contributed by atoms with Crippen molar-refractivity contribution in [1.82, 2.24) is 0 Å². The van der Waals surface area contributed by atoms with Crippen LogP contribution in [0.5, 0.6) is 5.75 Å². The van der Waals surface area contributed by atoms with Crippen LogP contribution in [-0.2, 0) is 4.79 Å². The van der Waals surface area contributed by atoms with E-state index in [2.05, 4.69) is 0 Å². The van der Waals surface area contributed by atoms with Crippen molar-refractivity contribution >= 4 is 6.29 Å². The molecule has 0 aliphatic heterocycles. The first-order valence-electron chi connectivity index (χ1n) is 5.20. The monoisotopic (exact) mass is 206 g/mol. The Balaban J connectivity index is 3.22. The Morgan fingerprint density at radius 2 is 2.00 bits per heavy atom. The lowest BCUT2D eigenvalue weighted by molar-refractivity contribution is -0.109. The lowest BCUT2D eigenvalue weighted by Gasteiger charge is -2.19. The first-order chi connectivity index (χ1) is 7.11. The Morgan fingerprint density at radius 3 is 2.47 bits per heavy atom. The summed E-state index contributed by atoms with van der Waals surface area (Å²) in [4.78, 5) is 11.1. The number of aryl methyl sites for hydroxylation is 1. The summed E-state index contributed by atoms with van der Waals surface area (Å²) >= 11 is 0. The first-order valence-corrected chi connectivity index (χ1v) is 5.20. The first kappa shape index (κ1) is 11.8. The molecule has 0 amide bonds. The molecule has 1 aromatic carbocycles. The van der Waals surface area contributed by atoms with E-state index in [1.54, 1.807) is 7.11 Å². The van der Waals surface area contributed by atoms with Gasteiger partial charge in [0, 0.05) is 11.5 Å². The maximum Gasteiger partial charge on any atom is 0.127 e. The minimum atomic E-state index is -0.0835. The van der Waals surface area contributed by atoms with Gasteiger partial charge >= 0.3 is 0 Å². The van der Waals surface area contributed by atoms with Crippen LogP contribution in [0.2, 0.25) is 0 Å². The van der Waals surface area contributed by atoms with Gasteiger partial charge in [0.05, 0.1) is 7.11 Å². The van der Waals surface area contributed by atoms with Gasteiger partial charge in [-0.3, -0.25) is 0 Å². The predicted molar refractivity (Wildman–Crippen MR) is 61.4 cm³/mol. The van der Waals surface area contributed by atoms with Crippen LogP contribution in [0, 0.1) is 12.8 Å². The second-order valence-electron chi connectivity index (χ2n) is 4.10. The smallest absolute Gasteiger partial charge is 0.127 e. The Hall–Kier alpha value is -1.31. The highest BCUT2D eigenvalue weighted by Crippen LogP contribution is 2.32. The van der Waals surface area contributed by atoms with E-state index in [4.69, 9.17) is 4.74 Å². The second-order valence-corrected chi connectivity index (χ2v) is 4.10. The third-order valence-electron chi connectivity index (χ3n) is 2.67. The zero-order chi connectivity index (χ0) is 11.4. The number of para-hydroxylation sites is 1. The van der Waals surface area contributed by atoms with Crippen LogP contribution in [0.3, 0.4) is 0 Å². The molecule has 0 bridgehead atoms. The zero-order valence-electron chi connectivity index (χ0n) is 9.78. The minimum Gasteiger partial charge on any atom is -0.496 e. The summed E-state index contributed by atoms with van der Waals surface area (Å²) in [7, 11) is 1.65. The fraction of sp³-hybridized carbons (Fsp3) is 0.462. The van der Waals surface area contributed by atoms with E-state index in [0.717, 1.165) is 23.2 Å². The highest BCUT2D eigenvalue weighted by Gasteiger charge is 2.19. The molecule has 1 rings (SSSR count). The largest absolute Gasteiger partial charge is 0.496 e. The number of ether oxygens (including phenoxy) is 1. The number of rotatable bonds is 4. The molecule has 1 aromatic rings. The molecule has 82 valence electrons. The van der Waals surface area contributed by atoms with Crippen molar-refractivity contribution in [2.45, 2.75) is 26.7 Å². The molecule has 0 spiro atoms. The quantitative estimate of drug-likeness (QED) is 0.708. The summed E-state index contributed by atoms with van der Waals surface area (Å²) in [5, 5.41) is 0. The third-order valence-corrected chi connectivity index (χ3v) is 2.67. The molecule has 0 saturated carbocycles. The molecule has 0 fully saturated rings. The van der Waals surface area contributed by atoms with Gasteiger partial charge in [0.15, 0.2) is 0 Å². The van der Waals surface area contributed by atoms with Crippen molar-refractivity contribution < 1.29 is 9.53 Å². The molecule has 0 aliphatic rings. The molecule has 0 saturated heterocycles. The van der Waals surface area contributed by atoms with Gasteiger partial charge in [-0.25, -0.2) is 0 Å². The summed E-state index contributed by atoms with van der Waals surface area (Å²) in [5.74, 6) is 1.04. The number of hydrogen-bond acceptors (Lipinski definition) is 2. The Bertz CT molecular complexity index is 342. The molecule has 1 atom stereocenters. The van der Waals surface area contributed by atoms with Gasteiger partial charge in [-0.05, 0) is 18.4 Å². The molecule has 1 unspecified atom stereocenters. The van der Waals surface area contributed by atoms with E-state index >= 15 is 0 Å². The van der Waals surface area contributed by atoms with Crippen molar-refractivity contribution in [3.63, 3.8) is 0 Å². The number of carbonyl (C=O) groups is 1. The van der Waals surface area contributed by atoms with Gasteiger partial charge < -0.3 is 9.53 Å². The van der Waals surface area contributed by atoms with E-state index in [1.165, 1.54) is 0 Å². The second kappa shape index (κ2) is 4.96. The maximum atomic E-state index is 11.1. The van der Waals surface area contributed by atoms with Gasteiger partial charge in [-0.1, -0.05) is 32.0 Å². The molecular formula is C13H18O2. The van der Waals surface area contributed by atoms with Crippen molar-refractivity contribution in [3.8, 4) is 5.75 Å². The summed E-state index contributed by atoms with van der Waals surface area (Å²) in [6, 6.07) is 5.92. The summed E-state index contributed by atoms with van der Waals surface area (Å²) in [6.45, 7) is 6.08. The van der Waals surface area contributed by atoms with Crippen LogP contribution in [0.15, 0.2) is 18.2 Å². The fourth-order valence-corrected chi connectivity index (χ4v) is 1.81. The van der Waals surface area contributed by atoms with Gasteiger partial charge in [-0.2, -0.15) is 0 Å². The molecule has 0 aromatic heterocycles. The van der Waals surface area contributed by atoms with Gasteiger partial charge in [0.2, 0.25) is 0 Å². The lowest BCUT2D eigenvalue weighted by atomic mass is 9.88. The van der Waals surface area contributed by atoms with E-state index in [0.29, 0.717) is 0 Å². The van der Waals surface area contributed by atoms with E-state index in [1.807, 2.05) is 39.0 Å². The van der Waals surface area contributed by atoms with Crippen LogP contribution in [0.25, 0.3) is 0 Å². The predicted octanol–water partition coefficient (Wildman–Crippen LogP) is 2.94. The van der Waals surface area contributed by atoms with Crippen LogP contribution in [0.4, 0.5) is 0 Å². The molecule has 2 heteroatoms. The minimum absolute atomic E-state index is 0.0835. The van der Waals surface area contributed by atoms with Gasteiger partial charge in [0.25, 0.3) is 0 Å². The van der Waals surface area contributed by atoms with Crippen LogP contribution in [0.1, 0.15) is 30.9 Å². The number of aldehydes is 1. The van der Waals surface area contributed by atoms with Crippen molar-refractivity contribution in [2.75, 3.05) is 7.11 Å². The average Bonchev–Trinajstić information content (AvgIpc) is 2.18. The molecular weight excluding hydrogens is 188 g/mol. The zero-order valence-corrected chi connectivity index (χ0v) is 9.78. The van der Waals surface area contributed by atoms with E-state index < -0.39 is 0 Å². The standard InChI is InChI=1S/C13H18O2/c1-9(2)12(8-14)11-7-5-6-10(3)13(11)15-4/h5-9,12H,1-4H3. The average molecular weight is 206 g/mol. The van der Waals surface area contributed by atoms with Crippen LogP contribution < -0.4 is 4.74 Å². The van der Waals surface area contributed by atoms with Gasteiger partial charge in [-0.15, -0.1) is 0 Å². The van der Waals surface area contributed by atoms with Gasteiger partial charge in [0.1, 0.15) is 12.0 Å². The number of benzene rings is 1. The number of methoxy groups -OCH3 is 1. The van der Waals surface area contributed by atoms with E-state index in [-0.39, 0.29) is 11.8 Å². The SMILES string of the molecule is COc1c(C)cccc1C(C=O)C(C)C. The summed E-state index contributed by atoms with van der Waals surface area (Å²) in [5.41, 5.74) is 2.06. The molecule has 0 aliphatic carbocycles. The lowest BCUT2D eigenvalue weighted by Crippen LogP contribution is -2.10. The fourth-order valence-electron chi connectivity index (χ4n) is 1.81. The Morgan fingerprint density at radius 1 is 1.33 bits per heavy atom. The molecule has 2 nitrogen and oxygen atoms in total. The summed E-state index contributed by atoms with van der Waals surface area (Å²) in [6.07, 6.45) is 1.00. The van der Waals surface area contributed by atoms with Crippen molar-refractivity contribution in [2.24, 2.45) is 5.92 Å². The Kier molecular flexibility index (Phi) is 3.89. The molecule has 15 heavy (non-hydrogen) atoms.